The highest BCUT2D eigenvalue weighted by Gasteiger charge is 2.22. The maximum atomic E-state index is 12.7. The van der Waals surface area contributed by atoms with Crippen LogP contribution in [0.15, 0.2) is 47.4 Å². The van der Waals surface area contributed by atoms with Gasteiger partial charge < -0.3 is 10.6 Å². The molecule has 7 nitrogen and oxygen atoms in total. The van der Waals surface area contributed by atoms with Crippen LogP contribution in [0, 0.1) is 0 Å². The van der Waals surface area contributed by atoms with E-state index in [-0.39, 0.29) is 35.7 Å². The molecule has 2 aromatic carbocycles. The highest BCUT2D eigenvalue weighted by atomic mass is 32.2. The van der Waals surface area contributed by atoms with Crippen molar-refractivity contribution in [3.05, 3.63) is 59.2 Å². The van der Waals surface area contributed by atoms with Crippen LogP contribution in [-0.2, 0) is 32.5 Å². The standard InChI is InChI=1S/C23H27N3O4S/c27-22-10-4-7-17-15-18(11-12-20(17)25-22)31(29,30)24-14-13-23(28)26-21-9-3-6-16-5-1-2-8-19(16)21/h1-2,5,8,11-12,15,21,24H,3-4,6-7,9-10,13-14H2,(H,25,27)(H,26,28)/t21-/m0/s1. The zero-order chi connectivity index (χ0) is 21.8. The van der Waals surface area contributed by atoms with E-state index in [1.54, 1.807) is 12.1 Å². The van der Waals surface area contributed by atoms with Crippen LogP contribution in [0.2, 0.25) is 0 Å². The van der Waals surface area contributed by atoms with Gasteiger partial charge in [0.2, 0.25) is 21.8 Å². The van der Waals surface area contributed by atoms with Crippen LogP contribution < -0.4 is 15.4 Å². The molecule has 0 unspecified atom stereocenters. The number of anilines is 1. The van der Waals surface area contributed by atoms with Crippen molar-refractivity contribution < 1.29 is 18.0 Å². The first-order chi connectivity index (χ1) is 14.9. The van der Waals surface area contributed by atoms with Crippen LogP contribution in [0.3, 0.4) is 0 Å². The van der Waals surface area contributed by atoms with Gasteiger partial charge in [-0.05, 0) is 67.0 Å². The third-order valence-electron chi connectivity index (χ3n) is 5.86. The minimum absolute atomic E-state index is 0.0196. The molecule has 1 aliphatic carbocycles. The Balaban J connectivity index is 1.34. The average molecular weight is 442 g/mol. The fourth-order valence-corrected chi connectivity index (χ4v) is 5.35. The van der Waals surface area contributed by atoms with Crippen LogP contribution in [-0.4, -0.2) is 26.8 Å². The average Bonchev–Trinajstić information content (AvgIpc) is 2.93. The lowest BCUT2D eigenvalue weighted by Crippen LogP contribution is -2.34. The predicted octanol–water partition coefficient (Wildman–Crippen LogP) is 2.82. The van der Waals surface area contributed by atoms with Gasteiger partial charge in [0, 0.05) is 25.1 Å². The number of hydrogen-bond acceptors (Lipinski definition) is 4. The summed E-state index contributed by atoms with van der Waals surface area (Å²) in [4.78, 5) is 24.2. The van der Waals surface area contributed by atoms with Crippen molar-refractivity contribution >= 4 is 27.5 Å². The monoisotopic (exact) mass is 441 g/mol. The highest BCUT2D eigenvalue weighted by molar-refractivity contribution is 7.89. The zero-order valence-corrected chi connectivity index (χ0v) is 18.1. The van der Waals surface area contributed by atoms with Crippen LogP contribution in [0.4, 0.5) is 5.69 Å². The molecule has 1 atom stereocenters. The molecule has 2 amide bonds. The molecular weight excluding hydrogens is 414 g/mol. The molecule has 164 valence electrons. The van der Waals surface area contributed by atoms with E-state index in [9.17, 15) is 18.0 Å². The molecule has 0 radical (unpaired) electrons. The number of carbonyl (C=O) groups excluding carboxylic acids is 2. The van der Waals surface area contributed by atoms with Gasteiger partial charge in [0.05, 0.1) is 10.9 Å². The largest absolute Gasteiger partial charge is 0.349 e. The van der Waals surface area contributed by atoms with Crippen LogP contribution in [0.1, 0.15) is 54.8 Å². The minimum Gasteiger partial charge on any atom is -0.349 e. The summed E-state index contributed by atoms with van der Waals surface area (Å²) in [6, 6.07) is 12.8. The van der Waals surface area contributed by atoms with Gasteiger partial charge in [0.15, 0.2) is 0 Å². The van der Waals surface area contributed by atoms with Gasteiger partial charge in [-0.1, -0.05) is 24.3 Å². The number of hydrogen-bond donors (Lipinski definition) is 3. The third kappa shape index (κ3) is 5.14. The number of aryl methyl sites for hydroxylation is 2. The lowest BCUT2D eigenvalue weighted by atomic mass is 9.88. The topological polar surface area (TPSA) is 104 Å². The van der Waals surface area contributed by atoms with E-state index in [1.165, 1.54) is 11.6 Å². The summed E-state index contributed by atoms with van der Waals surface area (Å²) in [6.45, 7) is 0.0242. The number of amides is 2. The van der Waals surface area contributed by atoms with Crippen LogP contribution >= 0.6 is 0 Å². The summed E-state index contributed by atoms with van der Waals surface area (Å²) in [6.07, 6.45) is 4.75. The van der Waals surface area contributed by atoms with Gasteiger partial charge >= 0.3 is 0 Å². The number of fused-ring (bicyclic) bond motifs is 2. The summed E-state index contributed by atoms with van der Waals surface area (Å²) in [5.74, 6) is -0.229. The van der Waals surface area contributed by atoms with Crippen LogP contribution in [0.5, 0.6) is 0 Å². The van der Waals surface area contributed by atoms with Crippen molar-refractivity contribution in [2.45, 2.75) is 55.9 Å². The Hall–Kier alpha value is -2.71. The number of rotatable bonds is 6. The molecule has 2 aliphatic rings. The summed E-state index contributed by atoms with van der Waals surface area (Å²) < 4.78 is 27.9. The van der Waals surface area contributed by atoms with E-state index < -0.39 is 10.0 Å². The molecule has 3 N–H and O–H groups in total. The van der Waals surface area contributed by atoms with E-state index in [1.807, 2.05) is 18.2 Å². The Labute approximate surface area is 182 Å². The maximum Gasteiger partial charge on any atom is 0.240 e. The molecule has 1 heterocycles. The number of sulfonamides is 1. The molecule has 0 bridgehead atoms. The second kappa shape index (κ2) is 9.20. The number of nitrogens with one attached hydrogen (secondary N) is 3. The smallest absolute Gasteiger partial charge is 0.240 e. The molecule has 0 spiro atoms. The van der Waals surface area contributed by atoms with Gasteiger partial charge in [-0.2, -0.15) is 0 Å². The molecule has 4 rings (SSSR count). The van der Waals surface area contributed by atoms with Crippen molar-refractivity contribution in [1.29, 1.82) is 0 Å². The molecular formula is C23H27N3O4S. The second-order valence-corrected chi connectivity index (χ2v) is 9.85. The first kappa shape index (κ1) is 21.5. The highest BCUT2D eigenvalue weighted by Crippen LogP contribution is 2.29. The van der Waals surface area contributed by atoms with E-state index >= 15 is 0 Å². The summed E-state index contributed by atoms with van der Waals surface area (Å²) >= 11 is 0. The van der Waals surface area contributed by atoms with Gasteiger partial charge in [-0.25, -0.2) is 13.1 Å². The van der Waals surface area contributed by atoms with Crippen molar-refractivity contribution in [1.82, 2.24) is 10.0 Å². The Morgan fingerprint density at radius 2 is 1.84 bits per heavy atom. The summed E-state index contributed by atoms with van der Waals surface area (Å²) in [7, 11) is -3.74. The minimum atomic E-state index is -3.74. The summed E-state index contributed by atoms with van der Waals surface area (Å²) in [5, 5.41) is 5.84. The van der Waals surface area contributed by atoms with E-state index in [0.29, 0.717) is 24.9 Å². The van der Waals surface area contributed by atoms with Crippen LogP contribution in [0.25, 0.3) is 0 Å². The molecule has 2 aromatic rings. The lowest BCUT2D eigenvalue weighted by Gasteiger charge is -2.26. The Bertz CT molecular complexity index is 1100. The zero-order valence-electron chi connectivity index (χ0n) is 17.3. The Kier molecular flexibility index (Phi) is 6.38. The van der Waals surface area contributed by atoms with Crippen molar-refractivity contribution in [2.24, 2.45) is 0 Å². The fourth-order valence-electron chi connectivity index (χ4n) is 4.27. The Morgan fingerprint density at radius 3 is 2.71 bits per heavy atom. The van der Waals surface area contributed by atoms with Gasteiger partial charge in [0.1, 0.15) is 0 Å². The fraction of sp³-hybridized carbons (Fsp3) is 0.391. The van der Waals surface area contributed by atoms with Gasteiger partial charge in [0.25, 0.3) is 0 Å². The van der Waals surface area contributed by atoms with E-state index in [2.05, 4.69) is 21.4 Å². The molecule has 0 fully saturated rings. The second-order valence-electron chi connectivity index (χ2n) is 8.08. The molecule has 1 aliphatic heterocycles. The van der Waals surface area contributed by atoms with E-state index in [0.717, 1.165) is 30.4 Å². The van der Waals surface area contributed by atoms with Gasteiger partial charge in [-0.15, -0.1) is 0 Å². The molecule has 0 aromatic heterocycles. The third-order valence-corrected chi connectivity index (χ3v) is 7.32. The summed E-state index contributed by atoms with van der Waals surface area (Å²) in [5.41, 5.74) is 3.88. The Morgan fingerprint density at radius 1 is 1.03 bits per heavy atom. The quantitative estimate of drug-likeness (QED) is 0.641. The maximum absolute atomic E-state index is 12.7. The molecule has 8 heteroatoms. The SMILES string of the molecule is O=C1CCCc2cc(S(=O)(=O)NCCC(=O)N[C@H]3CCCc4ccccc43)ccc2N1. The normalized spacial score (nSPS) is 18.3. The number of benzene rings is 2. The van der Waals surface area contributed by atoms with E-state index in [4.69, 9.17) is 0 Å². The molecule has 0 saturated heterocycles. The van der Waals surface area contributed by atoms with Gasteiger partial charge in [-0.3, -0.25) is 9.59 Å². The van der Waals surface area contributed by atoms with Crippen molar-refractivity contribution in [2.75, 3.05) is 11.9 Å². The van der Waals surface area contributed by atoms with Crippen molar-refractivity contribution in [3.63, 3.8) is 0 Å². The molecule has 0 saturated carbocycles. The number of carbonyl (C=O) groups is 2. The lowest BCUT2D eigenvalue weighted by molar-refractivity contribution is -0.121. The predicted molar refractivity (Wildman–Crippen MR) is 118 cm³/mol. The first-order valence-corrected chi connectivity index (χ1v) is 12.2. The van der Waals surface area contributed by atoms with Crippen molar-refractivity contribution in [3.8, 4) is 0 Å². The first-order valence-electron chi connectivity index (χ1n) is 10.7. The molecule has 31 heavy (non-hydrogen) atoms.